The Balaban J connectivity index is 2.33. The minimum Gasteiger partial charge on any atom is -0.399 e. The maximum absolute atomic E-state index is 12.0. The van der Waals surface area contributed by atoms with E-state index in [9.17, 15) is 8.42 Å². The molecule has 0 aliphatic rings. The summed E-state index contributed by atoms with van der Waals surface area (Å²) in [6, 6.07) is 4.98. The normalized spacial score (nSPS) is 11.4. The van der Waals surface area contributed by atoms with E-state index in [1.807, 2.05) is 0 Å². The number of anilines is 2. The van der Waals surface area contributed by atoms with Crippen molar-refractivity contribution in [2.45, 2.75) is 18.9 Å². The summed E-state index contributed by atoms with van der Waals surface area (Å²) >= 11 is 0. The summed E-state index contributed by atoms with van der Waals surface area (Å²) in [6.45, 7) is 3.47. The van der Waals surface area contributed by atoms with E-state index in [0.717, 1.165) is 5.56 Å². The Hall–Kier alpha value is -2.02. The van der Waals surface area contributed by atoms with Crippen LogP contribution in [0.15, 0.2) is 29.4 Å². The zero-order valence-corrected chi connectivity index (χ0v) is 10.9. The number of H-pyrrole nitrogens is 1. The third kappa shape index (κ3) is 2.45. The number of nitrogen functional groups attached to an aromatic ring is 1. The summed E-state index contributed by atoms with van der Waals surface area (Å²) in [5.74, 6) is 0.546. The molecule has 0 atom stereocenters. The lowest BCUT2D eigenvalue weighted by Crippen LogP contribution is -2.14. The highest BCUT2D eigenvalue weighted by Crippen LogP contribution is 2.20. The van der Waals surface area contributed by atoms with Gasteiger partial charge in [-0.15, -0.1) is 0 Å². The lowest BCUT2D eigenvalue weighted by molar-refractivity contribution is 0.598. The molecule has 0 amide bonds. The number of imidazole rings is 1. The van der Waals surface area contributed by atoms with E-state index in [4.69, 9.17) is 5.73 Å². The molecule has 0 aliphatic carbocycles. The van der Waals surface area contributed by atoms with Crippen LogP contribution in [0.25, 0.3) is 0 Å². The van der Waals surface area contributed by atoms with Crippen molar-refractivity contribution >= 4 is 21.4 Å². The molecule has 0 unspecified atom stereocenters. The Labute approximate surface area is 105 Å². The van der Waals surface area contributed by atoms with Crippen LogP contribution in [0.4, 0.5) is 11.4 Å². The number of hydrogen-bond acceptors (Lipinski definition) is 4. The predicted molar refractivity (Wildman–Crippen MR) is 69.7 cm³/mol. The molecule has 0 radical (unpaired) electrons. The number of sulfonamides is 1. The van der Waals surface area contributed by atoms with Crippen molar-refractivity contribution in [1.29, 1.82) is 0 Å². The number of aryl methyl sites for hydroxylation is 2. The van der Waals surface area contributed by atoms with Crippen LogP contribution in [0, 0.1) is 13.8 Å². The highest BCUT2D eigenvalue weighted by molar-refractivity contribution is 7.92. The van der Waals surface area contributed by atoms with Crippen LogP contribution in [0.1, 0.15) is 11.4 Å². The first-order valence-corrected chi connectivity index (χ1v) is 6.77. The van der Waals surface area contributed by atoms with Gasteiger partial charge < -0.3 is 10.7 Å². The predicted octanol–water partition coefficient (Wildman–Crippen LogP) is 1.41. The monoisotopic (exact) mass is 266 g/mol. The van der Waals surface area contributed by atoms with Crippen LogP contribution >= 0.6 is 0 Å². The van der Waals surface area contributed by atoms with Crippen LogP contribution in [0.3, 0.4) is 0 Å². The van der Waals surface area contributed by atoms with E-state index in [2.05, 4.69) is 14.7 Å². The van der Waals surface area contributed by atoms with E-state index in [1.54, 1.807) is 32.0 Å². The third-order valence-corrected chi connectivity index (χ3v) is 3.74. The Bertz CT molecular complexity index is 676. The third-order valence-electron chi connectivity index (χ3n) is 2.46. The Morgan fingerprint density at radius 2 is 2.06 bits per heavy atom. The fourth-order valence-corrected chi connectivity index (χ4v) is 2.64. The van der Waals surface area contributed by atoms with E-state index in [0.29, 0.717) is 17.2 Å². The molecule has 1 aromatic heterocycles. The van der Waals surface area contributed by atoms with Crippen LogP contribution in [-0.2, 0) is 10.0 Å². The lowest BCUT2D eigenvalue weighted by Gasteiger charge is -2.09. The van der Waals surface area contributed by atoms with Gasteiger partial charge in [0.15, 0.2) is 5.03 Å². The molecule has 18 heavy (non-hydrogen) atoms. The number of rotatable bonds is 3. The van der Waals surface area contributed by atoms with Gasteiger partial charge in [-0.1, -0.05) is 0 Å². The van der Waals surface area contributed by atoms with Crippen LogP contribution in [-0.4, -0.2) is 18.4 Å². The van der Waals surface area contributed by atoms with Gasteiger partial charge in [0.1, 0.15) is 5.82 Å². The van der Waals surface area contributed by atoms with E-state index in [1.165, 1.54) is 6.20 Å². The molecular formula is C11H14N4O2S. The van der Waals surface area contributed by atoms with Gasteiger partial charge in [-0.2, -0.15) is 8.42 Å². The van der Waals surface area contributed by atoms with Crippen molar-refractivity contribution in [3.63, 3.8) is 0 Å². The van der Waals surface area contributed by atoms with Crippen molar-refractivity contribution < 1.29 is 8.42 Å². The molecule has 96 valence electrons. The Kier molecular flexibility index (Phi) is 3.00. The maximum atomic E-state index is 12.0. The summed E-state index contributed by atoms with van der Waals surface area (Å²) in [5.41, 5.74) is 7.46. The van der Waals surface area contributed by atoms with E-state index < -0.39 is 10.0 Å². The average Bonchev–Trinajstić information content (AvgIpc) is 2.70. The van der Waals surface area contributed by atoms with Gasteiger partial charge in [-0.25, -0.2) is 4.98 Å². The van der Waals surface area contributed by atoms with Gasteiger partial charge in [0.25, 0.3) is 10.0 Å². The highest BCUT2D eigenvalue weighted by Gasteiger charge is 2.17. The first-order chi connectivity index (χ1) is 8.38. The topological polar surface area (TPSA) is 101 Å². The highest BCUT2D eigenvalue weighted by atomic mass is 32.2. The number of benzene rings is 1. The molecule has 0 fully saturated rings. The van der Waals surface area contributed by atoms with Gasteiger partial charge in [-0.3, -0.25) is 4.72 Å². The van der Waals surface area contributed by atoms with Crippen LogP contribution in [0.5, 0.6) is 0 Å². The molecule has 4 N–H and O–H groups in total. The molecule has 7 heteroatoms. The first kappa shape index (κ1) is 12.4. The molecule has 1 aromatic carbocycles. The van der Waals surface area contributed by atoms with E-state index in [-0.39, 0.29) is 5.03 Å². The van der Waals surface area contributed by atoms with Gasteiger partial charge in [0.2, 0.25) is 0 Å². The SMILES string of the molecule is Cc1ncc(S(=O)(=O)Nc2ccc(N)cc2C)[nH]1. The molecule has 0 spiro atoms. The number of aromatic nitrogens is 2. The Morgan fingerprint density at radius 1 is 1.33 bits per heavy atom. The number of nitrogens with two attached hydrogens (primary N) is 1. The van der Waals surface area contributed by atoms with Crippen LogP contribution < -0.4 is 10.5 Å². The number of nitrogens with one attached hydrogen (secondary N) is 2. The maximum Gasteiger partial charge on any atom is 0.278 e. The van der Waals surface area contributed by atoms with Crippen molar-refractivity contribution in [2.75, 3.05) is 10.5 Å². The Morgan fingerprint density at radius 3 is 2.61 bits per heavy atom. The molecule has 6 nitrogen and oxygen atoms in total. The second-order valence-electron chi connectivity index (χ2n) is 4.01. The summed E-state index contributed by atoms with van der Waals surface area (Å²) in [6.07, 6.45) is 1.28. The van der Waals surface area contributed by atoms with E-state index >= 15 is 0 Å². The molecular weight excluding hydrogens is 252 g/mol. The average molecular weight is 266 g/mol. The number of aromatic amines is 1. The molecule has 0 aliphatic heterocycles. The van der Waals surface area contributed by atoms with Crippen molar-refractivity contribution in [3.8, 4) is 0 Å². The zero-order chi connectivity index (χ0) is 13.3. The summed E-state index contributed by atoms with van der Waals surface area (Å²) in [4.78, 5) is 6.55. The fourth-order valence-electron chi connectivity index (χ4n) is 1.54. The minimum atomic E-state index is -3.64. The standard InChI is InChI=1S/C11H14N4O2S/c1-7-5-9(12)3-4-10(7)15-18(16,17)11-6-13-8(2)14-11/h3-6,15H,12H2,1-2H3,(H,13,14). The largest absolute Gasteiger partial charge is 0.399 e. The first-order valence-electron chi connectivity index (χ1n) is 5.29. The molecule has 0 bridgehead atoms. The molecule has 0 saturated carbocycles. The van der Waals surface area contributed by atoms with Crippen molar-refractivity contribution in [1.82, 2.24) is 9.97 Å². The lowest BCUT2D eigenvalue weighted by atomic mass is 10.2. The minimum absolute atomic E-state index is 0.0382. The van der Waals surface area contributed by atoms with Gasteiger partial charge in [0.05, 0.1) is 11.9 Å². The van der Waals surface area contributed by atoms with Gasteiger partial charge >= 0.3 is 0 Å². The van der Waals surface area contributed by atoms with Crippen LogP contribution in [0.2, 0.25) is 0 Å². The molecule has 2 rings (SSSR count). The number of hydrogen-bond donors (Lipinski definition) is 3. The second kappa shape index (κ2) is 4.34. The molecule has 1 heterocycles. The molecule has 0 saturated heterocycles. The quantitative estimate of drug-likeness (QED) is 0.731. The number of nitrogens with zero attached hydrogens (tertiary/aromatic N) is 1. The smallest absolute Gasteiger partial charge is 0.278 e. The summed E-state index contributed by atoms with van der Waals surface area (Å²) in [5, 5.41) is 0.0382. The van der Waals surface area contributed by atoms with Gasteiger partial charge in [0, 0.05) is 5.69 Å². The fraction of sp³-hybridized carbons (Fsp3) is 0.182. The van der Waals surface area contributed by atoms with Gasteiger partial charge in [-0.05, 0) is 37.6 Å². The van der Waals surface area contributed by atoms with Crippen molar-refractivity contribution in [3.05, 3.63) is 35.8 Å². The van der Waals surface area contributed by atoms with Crippen molar-refractivity contribution in [2.24, 2.45) is 0 Å². The molecule has 2 aromatic rings. The summed E-state index contributed by atoms with van der Waals surface area (Å²) in [7, 11) is -3.64. The summed E-state index contributed by atoms with van der Waals surface area (Å²) < 4.78 is 26.6. The zero-order valence-electron chi connectivity index (χ0n) is 10.1. The second-order valence-corrected chi connectivity index (χ2v) is 5.66.